The molecule has 6 heteroatoms. The molecule has 2 heterocycles. The second kappa shape index (κ2) is 6.71. The zero-order valence-electron chi connectivity index (χ0n) is 14.7. The SMILES string of the molecule is CC(C)c1nc(N(C)C)nc(N2CCC(c3ccc(F)cc3)C2)n1. The third-order valence-electron chi connectivity index (χ3n) is 4.36. The third-order valence-corrected chi connectivity index (χ3v) is 4.36. The standard InChI is InChI=1S/C18H24FN5/c1-12(2)16-20-17(23(3)4)22-18(21-16)24-10-9-14(11-24)13-5-7-15(19)8-6-13/h5-8,12,14H,9-11H2,1-4H3. The highest BCUT2D eigenvalue weighted by Crippen LogP contribution is 2.30. The van der Waals surface area contributed by atoms with Crippen LogP contribution in [0.3, 0.4) is 0 Å². The van der Waals surface area contributed by atoms with Gasteiger partial charge in [-0.15, -0.1) is 0 Å². The van der Waals surface area contributed by atoms with Gasteiger partial charge in [-0.25, -0.2) is 4.39 Å². The normalized spacial score (nSPS) is 17.6. The van der Waals surface area contributed by atoms with Crippen molar-refractivity contribution in [3.63, 3.8) is 0 Å². The topological polar surface area (TPSA) is 45.2 Å². The highest BCUT2D eigenvalue weighted by atomic mass is 19.1. The van der Waals surface area contributed by atoms with E-state index in [-0.39, 0.29) is 11.7 Å². The van der Waals surface area contributed by atoms with Crippen LogP contribution in [0.25, 0.3) is 0 Å². The summed E-state index contributed by atoms with van der Waals surface area (Å²) in [5.74, 6) is 2.68. The van der Waals surface area contributed by atoms with Gasteiger partial charge in [0.2, 0.25) is 11.9 Å². The Kier molecular flexibility index (Phi) is 4.64. The van der Waals surface area contributed by atoms with Gasteiger partial charge in [-0.05, 0) is 24.1 Å². The summed E-state index contributed by atoms with van der Waals surface area (Å²) in [6, 6.07) is 6.81. The molecular formula is C18H24FN5. The molecule has 1 aromatic heterocycles. The predicted molar refractivity (Wildman–Crippen MR) is 94.2 cm³/mol. The Morgan fingerprint density at radius 1 is 1.12 bits per heavy atom. The van der Waals surface area contributed by atoms with E-state index in [9.17, 15) is 4.39 Å². The number of nitrogens with zero attached hydrogens (tertiary/aromatic N) is 5. The first-order chi connectivity index (χ1) is 11.4. The first-order valence-electron chi connectivity index (χ1n) is 8.37. The van der Waals surface area contributed by atoms with Gasteiger partial charge in [-0.2, -0.15) is 15.0 Å². The summed E-state index contributed by atoms with van der Waals surface area (Å²) in [6.45, 7) is 5.92. The molecule has 128 valence electrons. The number of benzene rings is 1. The molecule has 1 unspecified atom stereocenters. The Balaban J connectivity index is 1.83. The van der Waals surface area contributed by atoms with Crippen molar-refractivity contribution >= 4 is 11.9 Å². The van der Waals surface area contributed by atoms with Gasteiger partial charge in [-0.3, -0.25) is 0 Å². The Hall–Kier alpha value is -2.24. The Labute approximate surface area is 142 Å². The summed E-state index contributed by atoms with van der Waals surface area (Å²) in [7, 11) is 3.88. The molecule has 0 amide bonds. The van der Waals surface area contributed by atoms with E-state index in [4.69, 9.17) is 0 Å². The number of anilines is 2. The summed E-state index contributed by atoms with van der Waals surface area (Å²) in [6.07, 6.45) is 1.02. The van der Waals surface area contributed by atoms with Gasteiger partial charge in [0, 0.05) is 39.0 Å². The van der Waals surface area contributed by atoms with E-state index in [2.05, 4.69) is 33.7 Å². The largest absolute Gasteiger partial charge is 0.347 e. The molecule has 24 heavy (non-hydrogen) atoms. The molecule has 0 bridgehead atoms. The molecule has 1 atom stereocenters. The molecule has 1 fully saturated rings. The monoisotopic (exact) mass is 329 g/mol. The summed E-state index contributed by atoms with van der Waals surface area (Å²) < 4.78 is 13.1. The first kappa shape index (κ1) is 16.6. The van der Waals surface area contributed by atoms with Crippen LogP contribution in [0, 0.1) is 5.82 Å². The van der Waals surface area contributed by atoms with E-state index >= 15 is 0 Å². The van der Waals surface area contributed by atoms with E-state index in [1.165, 1.54) is 17.7 Å². The second-order valence-corrected chi connectivity index (χ2v) is 6.83. The molecule has 3 rings (SSSR count). The minimum atomic E-state index is -0.191. The Morgan fingerprint density at radius 2 is 1.83 bits per heavy atom. The van der Waals surface area contributed by atoms with Crippen molar-refractivity contribution in [2.24, 2.45) is 0 Å². The van der Waals surface area contributed by atoms with Gasteiger partial charge in [0.1, 0.15) is 11.6 Å². The minimum Gasteiger partial charge on any atom is -0.347 e. The maximum atomic E-state index is 13.1. The number of hydrogen-bond donors (Lipinski definition) is 0. The van der Waals surface area contributed by atoms with Gasteiger partial charge in [0.05, 0.1) is 0 Å². The highest BCUT2D eigenvalue weighted by molar-refractivity contribution is 5.41. The van der Waals surface area contributed by atoms with Crippen molar-refractivity contribution in [2.45, 2.75) is 32.1 Å². The van der Waals surface area contributed by atoms with Gasteiger partial charge in [0.25, 0.3) is 0 Å². The molecule has 1 aliphatic rings. The van der Waals surface area contributed by atoms with Gasteiger partial charge < -0.3 is 9.80 Å². The van der Waals surface area contributed by atoms with Crippen molar-refractivity contribution in [3.05, 3.63) is 41.5 Å². The van der Waals surface area contributed by atoms with Crippen molar-refractivity contribution in [1.29, 1.82) is 0 Å². The van der Waals surface area contributed by atoms with Crippen LogP contribution in [0.1, 0.15) is 43.5 Å². The molecular weight excluding hydrogens is 305 g/mol. The molecule has 1 aromatic carbocycles. The van der Waals surface area contributed by atoms with Gasteiger partial charge in [0.15, 0.2) is 0 Å². The van der Waals surface area contributed by atoms with Crippen molar-refractivity contribution in [3.8, 4) is 0 Å². The molecule has 0 saturated carbocycles. The maximum absolute atomic E-state index is 13.1. The third kappa shape index (κ3) is 3.47. The Bertz CT molecular complexity index is 673. The van der Waals surface area contributed by atoms with E-state index in [1.54, 1.807) is 0 Å². The first-order valence-corrected chi connectivity index (χ1v) is 8.37. The van der Waals surface area contributed by atoms with E-state index in [1.807, 2.05) is 31.1 Å². The number of rotatable bonds is 4. The average molecular weight is 329 g/mol. The summed E-state index contributed by atoms with van der Waals surface area (Å²) in [4.78, 5) is 17.9. The fraction of sp³-hybridized carbons (Fsp3) is 0.500. The van der Waals surface area contributed by atoms with Crippen molar-refractivity contribution in [2.75, 3.05) is 37.0 Å². The van der Waals surface area contributed by atoms with E-state index < -0.39 is 0 Å². The minimum absolute atomic E-state index is 0.191. The number of halogens is 1. The lowest BCUT2D eigenvalue weighted by Crippen LogP contribution is -2.25. The molecule has 2 aromatic rings. The molecule has 0 radical (unpaired) electrons. The van der Waals surface area contributed by atoms with Crippen LogP contribution in [0.4, 0.5) is 16.3 Å². The highest BCUT2D eigenvalue weighted by Gasteiger charge is 2.27. The van der Waals surface area contributed by atoms with Crippen LogP contribution in [0.5, 0.6) is 0 Å². The lowest BCUT2D eigenvalue weighted by molar-refractivity contribution is 0.625. The smallest absolute Gasteiger partial charge is 0.230 e. The molecule has 0 spiro atoms. The predicted octanol–water partition coefficient (Wildman–Crippen LogP) is 3.19. The van der Waals surface area contributed by atoms with Gasteiger partial charge in [-0.1, -0.05) is 26.0 Å². The summed E-state index contributed by atoms with van der Waals surface area (Å²) in [5.41, 5.74) is 1.17. The van der Waals surface area contributed by atoms with Crippen LogP contribution in [-0.4, -0.2) is 42.1 Å². The van der Waals surface area contributed by atoms with Gasteiger partial charge >= 0.3 is 0 Å². The molecule has 0 N–H and O–H groups in total. The van der Waals surface area contributed by atoms with Crippen LogP contribution in [0.2, 0.25) is 0 Å². The zero-order valence-corrected chi connectivity index (χ0v) is 14.7. The Morgan fingerprint density at radius 3 is 2.46 bits per heavy atom. The maximum Gasteiger partial charge on any atom is 0.230 e. The van der Waals surface area contributed by atoms with Crippen molar-refractivity contribution < 1.29 is 4.39 Å². The summed E-state index contributed by atoms with van der Waals surface area (Å²) in [5, 5.41) is 0. The van der Waals surface area contributed by atoms with Crippen LogP contribution in [0.15, 0.2) is 24.3 Å². The molecule has 1 aliphatic heterocycles. The molecule has 0 aliphatic carbocycles. The molecule has 5 nitrogen and oxygen atoms in total. The number of hydrogen-bond acceptors (Lipinski definition) is 5. The van der Waals surface area contributed by atoms with Crippen LogP contribution < -0.4 is 9.80 Å². The van der Waals surface area contributed by atoms with E-state index in [0.717, 1.165) is 31.3 Å². The average Bonchev–Trinajstić information content (AvgIpc) is 3.05. The van der Waals surface area contributed by atoms with E-state index in [0.29, 0.717) is 11.9 Å². The lowest BCUT2D eigenvalue weighted by atomic mass is 9.99. The number of aromatic nitrogens is 3. The zero-order chi connectivity index (χ0) is 17.3. The summed E-state index contributed by atoms with van der Waals surface area (Å²) >= 11 is 0. The van der Waals surface area contributed by atoms with Crippen LogP contribution in [-0.2, 0) is 0 Å². The van der Waals surface area contributed by atoms with Crippen molar-refractivity contribution in [1.82, 2.24) is 15.0 Å². The fourth-order valence-corrected chi connectivity index (χ4v) is 2.92. The van der Waals surface area contributed by atoms with Crippen LogP contribution >= 0.6 is 0 Å². The fourth-order valence-electron chi connectivity index (χ4n) is 2.92. The quantitative estimate of drug-likeness (QED) is 0.862. The second-order valence-electron chi connectivity index (χ2n) is 6.83. The molecule has 1 saturated heterocycles. The lowest BCUT2D eigenvalue weighted by Gasteiger charge is -2.20.